The SMILES string of the molecule is COc1ccc(C)cc1CC(CC(F)(F)F)NN. The van der Waals surface area contributed by atoms with Crippen molar-refractivity contribution in [3.8, 4) is 5.75 Å². The highest BCUT2D eigenvalue weighted by Gasteiger charge is 2.31. The number of hydrogen-bond acceptors (Lipinski definition) is 3. The number of methoxy groups -OCH3 is 1. The summed E-state index contributed by atoms with van der Waals surface area (Å²) in [6.07, 6.45) is -5.05. The standard InChI is InChI=1S/C12H17F3N2O/c1-8-3-4-11(18-2)9(5-8)6-10(17-16)7-12(13,14)15/h3-5,10,17H,6-7,16H2,1-2H3. The molecule has 0 fully saturated rings. The molecule has 0 bridgehead atoms. The van der Waals surface area contributed by atoms with E-state index >= 15 is 0 Å². The summed E-state index contributed by atoms with van der Waals surface area (Å²) in [6.45, 7) is 1.87. The summed E-state index contributed by atoms with van der Waals surface area (Å²) in [7, 11) is 1.49. The van der Waals surface area contributed by atoms with Crippen LogP contribution in [0.4, 0.5) is 13.2 Å². The summed E-state index contributed by atoms with van der Waals surface area (Å²) in [5.41, 5.74) is 3.88. The van der Waals surface area contributed by atoms with Crippen molar-refractivity contribution in [1.82, 2.24) is 5.43 Å². The number of aryl methyl sites for hydroxylation is 1. The van der Waals surface area contributed by atoms with Crippen LogP contribution < -0.4 is 16.0 Å². The Morgan fingerprint density at radius 1 is 1.39 bits per heavy atom. The Balaban J connectivity index is 2.84. The predicted octanol–water partition coefficient (Wildman–Crippen LogP) is 2.33. The third kappa shape index (κ3) is 4.54. The van der Waals surface area contributed by atoms with Crippen LogP contribution in [0.2, 0.25) is 0 Å². The minimum Gasteiger partial charge on any atom is -0.496 e. The number of nitrogens with one attached hydrogen (secondary N) is 1. The van der Waals surface area contributed by atoms with Crippen LogP contribution in [-0.2, 0) is 6.42 Å². The molecule has 0 heterocycles. The minimum atomic E-state index is -4.24. The highest BCUT2D eigenvalue weighted by Crippen LogP contribution is 2.26. The van der Waals surface area contributed by atoms with E-state index in [0.717, 1.165) is 5.56 Å². The van der Waals surface area contributed by atoms with Gasteiger partial charge in [0.1, 0.15) is 5.75 Å². The maximum absolute atomic E-state index is 12.3. The van der Waals surface area contributed by atoms with E-state index in [1.165, 1.54) is 7.11 Å². The zero-order valence-electron chi connectivity index (χ0n) is 10.3. The van der Waals surface area contributed by atoms with Gasteiger partial charge in [-0.3, -0.25) is 11.3 Å². The lowest BCUT2D eigenvalue weighted by molar-refractivity contribution is -0.140. The molecule has 0 saturated carbocycles. The molecule has 3 nitrogen and oxygen atoms in total. The smallest absolute Gasteiger partial charge is 0.390 e. The molecule has 1 rings (SSSR count). The van der Waals surface area contributed by atoms with Gasteiger partial charge in [-0.15, -0.1) is 0 Å². The molecule has 102 valence electrons. The first-order chi connectivity index (χ1) is 8.35. The molecule has 0 aromatic heterocycles. The Morgan fingerprint density at radius 2 is 2.06 bits per heavy atom. The number of nitrogens with two attached hydrogens (primary N) is 1. The molecular formula is C12H17F3N2O. The van der Waals surface area contributed by atoms with Gasteiger partial charge in [0.05, 0.1) is 13.5 Å². The number of benzene rings is 1. The minimum absolute atomic E-state index is 0.168. The lowest BCUT2D eigenvalue weighted by atomic mass is 10.0. The van der Waals surface area contributed by atoms with Crippen molar-refractivity contribution in [1.29, 1.82) is 0 Å². The Bertz CT molecular complexity index is 393. The monoisotopic (exact) mass is 262 g/mol. The lowest BCUT2D eigenvalue weighted by Gasteiger charge is -2.19. The van der Waals surface area contributed by atoms with Crippen LogP contribution in [0.15, 0.2) is 18.2 Å². The second-order valence-electron chi connectivity index (χ2n) is 4.20. The van der Waals surface area contributed by atoms with E-state index in [1.54, 1.807) is 12.1 Å². The molecular weight excluding hydrogens is 245 g/mol. The normalized spacial score (nSPS) is 13.4. The van der Waals surface area contributed by atoms with Crippen molar-refractivity contribution in [2.75, 3.05) is 7.11 Å². The molecule has 0 aliphatic carbocycles. The highest BCUT2D eigenvalue weighted by atomic mass is 19.4. The Morgan fingerprint density at radius 3 is 2.56 bits per heavy atom. The highest BCUT2D eigenvalue weighted by molar-refractivity contribution is 5.37. The molecule has 0 saturated heterocycles. The number of hydrazine groups is 1. The quantitative estimate of drug-likeness (QED) is 0.632. The van der Waals surface area contributed by atoms with Gasteiger partial charge < -0.3 is 4.74 Å². The van der Waals surface area contributed by atoms with Gasteiger partial charge in [-0.1, -0.05) is 17.7 Å². The van der Waals surface area contributed by atoms with Gasteiger partial charge in [-0.05, 0) is 25.0 Å². The number of halogens is 3. The van der Waals surface area contributed by atoms with Crippen molar-refractivity contribution in [3.05, 3.63) is 29.3 Å². The van der Waals surface area contributed by atoms with E-state index < -0.39 is 18.6 Å². The summed E-state index contributed by atoms with van der Waals surface area (Å²) in [5.74, 6) is 5.74. The van der Waals surface area contributed by atoms with Gasteiger partial charge in [-0.25, -0.2) is 0 Å². The van der Waals surface area contributed by atoms with E-state index in [4.69, 9.17) is 10.6 Å². The third-order valence-electron chi connectivity index (χ3n) is 2.62. The van der Waals surface area contributed by atoms with Crippen LogP contribution in [0.3, 0.4) is 0 Å². The fraction of sp³-hybridized carbons (Fsp3) is 0.500. The molecule has 0 spiro atoms. The van der Waals surface area contributed by atoms with Gasteiger partial charge in [0.2, 0.25) is 0 Å². The van der Waals surface area contributed by atoms with E-state index in [9.17, 15) is 13.2 Å². The summed E-state index contributed by atoms with van der Waals surface area (Å²) >= 11 is 0. The summed E-state index contributed by atoms with van der Waals surface area (Å²) in [6, 6.07) is 4.53. The molecule has 18 heavy (non-hydrogen) atoms. The fourth-order valence-electron chi connectivity index (χ4n) is 1.80. The van der Waals surface area contributed by atoms with Gasteiger partial charge in [0.15, 0.2) is 0 Å². The van der Waals surface area contributed by atoms with E-state index in [1.807, 2.05) is 13.0 Å². The van der Waals surface area contributed by atoms with Crippen LogP contribution >= 0.6 is 0 Å². The van der Waals surface area contributed by atoms with Crippen LogP contribution in [0.25, 0.3) is 0 Å². The molecule has 0 aliphatic heterocycles. The topological polar surface area (TPSA) is 47.3 Å². The first-order valence-corrected chi connectivity index (χ1v) is 5.52. The third-order valence-corrected chi connectivity index (χ3v) is 2.62. The van der Waals surface area contributed by atoms with Crippen molar-refractivity contribution >= 4 is 0 Å². The fourth-order valence-corrected chi connectivity index (χ4v) is 1.80. The second kappa shape index (κ2) is 6.06. The molecule has 0 aliphatic rings. The average molecular weight is 262 g/mol. The lowest BCUT2D eigenvalue weighted by Crippen LogP contribution is -2.40. The maximum Gasteiger partial charge on any atom is 0.390 e. The molecule has 3 N–H and O–H groups in total. The Hall–Kier alpha value is -1.27. The Kier molecular flexibility index (Phi) is 4.98. The zero-order chi connectivity index (χ0) is 13.8. The maximum atomic E-state index is 12.3. The number of hydrogen-bond donors (Lipinski definition) is 2. The van der Waals surface area contributed by atoms with Gasteiger partial charge in [0, 0.05) is 6.04 Å². The molecule has 1 aromatic rings. The predicted molar refractivity (Wildman–Crippen MR) is 63.2 cm³/mol. The van der Waals surface area contributed by atoms with Crippen LogP contribution in [-0.4, -0.2) is 19.3 Å². The summed E-state index contributed by atoms with van der Waals surface area (Å²) in [5, 5.41) is 0. The van der Waals surface area contributed by atoms with Gasteiger partial charge >= 0.3 is 6.18 Å². The molecule has 0 radical (unpaired) electrons. The summed E-state index contributed by atoms with van der Waals surface area (Å²) < 4.78 is 42.1. The number of alkyl halides is 3. The van der Waals surface area contributed by atoms with Gasteiger partial charge in [0.25, 0.3) is 0 Å². The largest absolute Gasteiger partial charge is 0.496 e. The summed E-state index contributed by atoms with van der Waals surface area (Å²) in [4.78, 5) is 0. The Labute approximate surface area is 104 Å². The number of ether oxygens (including phenoxy) is 1. The number of rotatable bonds is 5. The van der Waals surface area contributed by atoms with Crippen molar-refractivity contribution in [2.24, 2.45) is 5.84 Å². The molecule has 1 atom stereocenters. The van der Waals surface area contributed by atoms with Crippen molar-refractivity contribution < 1.29 is 17.9 Å². The van der Waals surface area contributed by atoms with Crippen LogP contribution in [0.5, 0.6) is 5.75 Å². The van der Waals surface area contributed by atoms with Crippen LogP contribution in [0, 0.1) is 6.92 Å². The molecule has 1 aromatic carbocycles. The zero-order valence-corrected chi connectivity index (χ0v) is 10.3. The molecule has 6 heteroatoms. The molecule has 0 amide bonds. The van der Waals surface area contributed by atoms with E-state index in [2.05, 4.69) is 5.43 Å². The van der Waals surface area contributed by atoms with Crippen molar-refractivity contribution in [3.63, 3.8) is 0 Å². The molecule has 1 unspecified atom stereocenters. The average Bonchev–Trinajstić information content (AvgIpc) is 2.26. The van der Waals surface area contributed by atoms with E-state index in [0.29, 0.717) is 11.3 Å². The first kappa shape index (κ1) is 14.8. The second-order valence-corrected chi connectivity index (χ2v) is 4.20. The van der Waals surface area contributed by atoms with Gasteiger partial charge in [-0.2, -0.15) is 13.2 Å². The van der Waals surface area contributed by atoms with E-state index in [-0.39, 0.29) is 6.42 Å². The first-order valence-electron chi connectivity index (χ1n) is 5.52. The van der Waals surface area contributed by atoms with Crippen LogP contribution in [0.1, 0.15) is 17.5 Å². The van der Waals surface area contributed by atoms with Crippen molar-refractivity contribution in [2.45, 2.75) is 32.0 Å².